The second-order valence-corrected chi connectivity index (χ2v) is 7.13. The van der Waals surface area contributed by atoms with Gasteiger partial charge in [-0.05, 0) is 25.2 Å². The predicted molar refractivity (Wildman–Crippen MR) is 66.1 cm³/mol. The topological polar surface area (TPSA) is 78.2 Å². The number of unbranched alkanes of at least 4 members (excludes halogenated alkanes) is 1. The summed E-state index contributed by atoms with van der Waals surface area (Å²) in [6.45, 7) is 0.328. The number of carbonyl (C=O) groups excluding carboxylic acids is 1. The monoisotopic (exact) mass is 270 g/mol. The maximum absolute atomic E-state index is 12.2. The molecule has 1 aliphatic carbocycles. The molecule has 0 aromatic rings. The minimum Gasteiger partial charge on any atom is -0.300 e. The van der Waals surface area contributed by atoms with Crippen LogP contribution in [0.15, 0.2) is 0 Å². The molecule has 2 rings (SSSR count). The van der Waals surface area contributed by atoms with Gasteiger partial charge in [-0.1, -0.05) is 0 Å². The summed E-state index contributed by atoms with van der Waals surface area (Å²) in [5.74, 6) is 0.577. The molecule has 0 bridgehead atoms. The van der Waals surface area contributed by atoms with Crippen molar-refractivity contribution in [3.63, 3.8) is 0 Å². The third-order valence-corrected chi connectivity index (χ3v) is 5.60. The Morgan fingerprint density at radius 1 is 1.39 bits per heavy atom. The summed E-state index contributed by atoms with van der Waals surface area (Å²) in [7, 11) is -3.30. The fourth-order valence-electron chi connectivity index (χ4n) is 2.52. The van der Waals surface area contributed by atoms with Crippen molar-refractivity contribution in [2.75, 3.05) is 12.3 Å². The SMILES string of the molecule is N#CCCCS(=O)(=O)N1CCC(=O)C[C@@H]1C1CC1. The Labute approximate surface area is 108 Å². The van der Waals surface area contributed by atoms with Gasteiger partial charge in [0.2, 0.25) is 10.0 Å². The zero-order valence-corrected chi connectivity index (χ0v) is 11.2. The minimum absolute atomic E-state index is 0.0258. The van der Waals surface area contributed by atoms with Crippen LogP contribution in [0.2, 0.25) is 0 Å². The zero-order chi connectivity index (χ0) is 13.2. The highest BCUT2D eigenvalue weighted by Crippen LogP contribution is 2.39. The molecule has 0 spiro atoms. The van der Waals surface area contributed by atoms with E-state index < -0.39 is 10.0 Å². The van der Waals surface area contributed by atoms with Gasteiger partial charge in [-0.15, -0.1) is 0 Å². The van der Waals surface area contributed by atoms with Crippen LogP contribution in [0.5, 0.6) is 0 Å². The normalized spacial score (nSPS) is 25.9. The third-order valence-electron chi connectivity index (χ3n) is 3.63. The van der Waals surface area contributed by atoms with Crippen molar-refractivity contribution in [2.45, 2.75) is 44.6 Å². The van der Waals surface area contributed by atoms with Crippen LogP contribution in [0.3, 0.4) is 0 Å². The molecule has 6 heteroatoms. The van der Waals surface area contributed by atoms with Crippen LogP contribution in [-0.4, -0.2) is 36.8 Å². The number of sulfonamides is 1. The van der Waals surface area contributed by atoms with Crippen molar-refractivity contribution >= 4 is 15.8 Å². The third kappa shape index (κ3) is 3.09. The van der Waals surface area contributed by atoms with Crippen LogP contribution >= 0.6 is 0 Å². The number of nitrogens with zero attached hydrogens (tertiary/aromatic N) is 2. The van der Waals surface area contributed by atoms with Crippen LogP contribution in [0.25, 0.3) is 0 Å². The summed E-state index contributed by atoms with van der Waals surface area (Å²) in [6.07, 6.45) is 3.41. The Kier molecular flexibility index (Phi) is 4.03. The van der Waals surface area contributed by atoms with E-state index in [1.807, 2.05) is 6.07 Å². The van der Waals surface area contributed by atoms with Gasteiger partial charge >= 0.3 is 0 Å². The molecule has 0 aromatic carbocycles. The van der Waals surface area contributed by atoms with E-state index in [1.54, 1.807) is 0 Å². The summed E-state index contributed by atoms with van der Waals surface area (Å²) in [6, 6.07) is 1.85. The fraction of sp³-hybridized carbons (Fsp3) is 0.833. The molecule has 1 aliphatic heterocycles. The van der Waals surface area contributed by atoms with Gasteiger partial charge in [0, 0.05) is 31.8 Å². The van der Waals surface area contributed by atoms with Crippen molar-refractivity contribution in [3.8, 4) is 6.07 Å². The summed E-state index contributed by atoms with van der Waals surface area (Å²) < 4.78 is 26.0. The standard InChI is InChI=1S/C12H18N2O3S/c13-6-1-2-8-18(16,17)14-7-5-11(15)9-12(14)10-3-4-10/h10,12H,1-5,7-9H2/t12-/m1/s1. The van der Waals surface area contributed by atoms with E-state index in [2.05, 4.69) is 0 Å². The highest BCUT2D eigenvalue weighted by atomic mass is 32.2. The lowest BCUT2D eigenvalue weighted by Crippen LogP contribution is -2.48. The molecule has 5 nitrogen and oxygen atoms in total. The molecular formula is C12H18N2O3S. The van der Waals surface area contributed by atoms with Gasteiger partial charge in [0.1, 0.15) is 5.78 Å². The first-order valence-electron chi connectivity index (χ1n) is 6.43. The molecule has 1 heterocycles. The molecule has 2 fully saturated rings. The van der Waals surface area contributed by atoms with Crippen LogP contribution < -0.4 is 0 Å². The molecule has 0 aromatic heterocycles. The minimum atomic E-state index is -3.30. The molecule has 0 radical (unpaired) electrons. The van der Waals surface area contributed by atoms with Crippen LogP contribution in [0, 0.1) is 17.2 Å². The van der Waals surface area contributed by atoms with Gasteiger partial charge in [-0.2, -0.15) is 9.57 Å². The van der Waals surface area contributed by atoms with Crippen molar-refractivity contribution in [1.82, 2.24) is 4.31 Å². The number of piperidine rings is 1. The number of hydrogen-bond acceptors (Lipinski definition) is 4. The van der Waals surface area contributed by atoms with Crippen LogP contribution in [0.1, 0.15) is 38.5 Å². The van der Waals surface area contributed by atoms with Crippen LogP contribution in [-0.2, 0) is 14.8 Å². The van der Waals surface area contributed by atoms with E-state index in [0.717, 1.165) is 12.8 Å². The first-order valence-corrected chi connectivity index (χ1v) is 8.03. The Morgan fingerprint density at radius 2 is 2.11 bits per heavy atom. The summed E-state index contributed by atoms with van der Waals surface area (Å²) in [5.41, 5.74) is 0. The van der Waals surface area contributed by atoms with Gasteiger partial charge in [-0.25, -0.2) is 8.42 Å². The highest BCUT2D eigenvalue weighted by Gasteiger charge is 2.43. The molecule has 1 saturated heterocycles. The molecule has 0 amide bonds. The number of carbonyl (C=O) groups is 1. The quantitative estimate of drug-likeness (QED) is 0.700. The van der Waals surface area contributed by atoms with Crippen molar-refractivity contribution < 1.29 is 13.2 Å². The van der Waals surface area contributed by atoms with E-state index in [-0.39, 0.29) is 24.0 Å². The second kappa shape index (κ2) is 5.37. The summed E-state index contributed by atoms with van der Waals surface area (Å²) in [5, 5.41) is 8.46. The van der Waals surface area contributed by atoms with E-state index >= 15 is 0 Å². The lowest BCUT2D eigenvalue weighted by molar-refractivity contribution is -0.122. The molecule has 0 unspecified atom stereocenters. The molecule has 1 saturated carbocycles. The lowest BCUT2D eigenvalue weighted by Gasteiger charge is -2.34. The predicted octanol–water partition coefficient (Wildman–Crippen LogP) is 1.06. The number of hydrogen-bond donors (Lipinski definition) is 0. The largest absolute Gasteiger partial charge is 0.300 e. The molecule has 100 valence electrons. The molecular weight excluding hydrogens is 252 g/mol. The number of ketones is 1. The van der Waals surface area contributed by atoms with Crippen molar-refractivity contribution in [1.29, 1.82) is 5.26 Å². The van der Waals surface area contributed by atoms with Gasteiger partial charge < -0.3 is 0 Å². The highest BCUT2D eigenvalue weighted by molar-refractivity contribution is 7.89. The van der Waals surface area contributed by atoms with Gasteiger partial charge in [-0.3, -0.25) is 4.79 Å². The molecule has 18 heavy (non-hydrogen) atoms. The Bertz CT molecular complexity index is 462. The fourth-order valence-corrected chi connectivity index (χ4v) is 4.29. The van der Waals surface area contributed by atoms with Crippen LogP contribution in [0.4, 0.5) is 0 Å². The van der Waals surface area contributed by atoms with E-state index in [9.17, 15) is 13.2 Å². The van der Waals surface area contributed by atoms with E-state index in [1.165, 1.54) is 4.31 Å². The number of Topliss-reactive ketones (excluding diaryl/α,β-unsaturated/α-hetero) is 1. The molecule has 2 aliphatic rings. The maximum Gasteiger partial charge on any atom is 0.214 e. The van der Waals surface area contributed by atoms with Gasteiger partial charge in [0.15, 0.2) is 0 Å². The average molecular weight is 270 g/mol. The average Bonchev–Trinajstić information content (AvgIpc) is 3.12. The lowest BCUT2D eigenvalue weighted by atomic mass is 10.00. The maximum atomic E-state index is 12.2. The summed E-state index contributed by atoms with van der Waals surface area (Å²) in [4.78, 5) is 11.5. The Hall–Kier alpha value is -0.930. The van der Waals surface area contributed by atoms with E-state index in [4.69, 9.17) is 5.26 Å². The van der Waals surface area contributed by atoms with Gasteiger partial charge in [0.25, 0.3) is 0 Å². The Morgan fingerprint density at radius 3 is 2.72 bits per heavy atom. The molecule has 0 N–H and O–H groups in total. The van der Waals surface area contributed by atoms with E-state index in [0.29, 0.717) is 31.7 Å². The summed E-state index contributed by atoms with van der Waals surface area (Å²) >= 11 is 0. The second-order valence-electron chi connectivity index (χ2n) is 5.09. The molecule has 1 atom stereocenters. The first-order chi connectivity index (χ1) is 8.54. The van der Waals surface area contributed by atoms with Gasteiger partial charge in [0.05, 0.1) is 11.8 Å². The first kappa shape index (κ1) is 13.5. The zero-order valence-electron chi connectivity index (χ0n) is 10.3. The van der Waals surface area contributed by atoms with Crippen molar-refractivity contribution in [2.24, 2.45) is 5.92 Å². The smallest absolute Gasteiger partial charge is 0.214 e. The Balaban J connectivity index is 2.04. The van der Waals surface area contributed by atoms with Crippen molar-refractivity contribution in [3.05, 3.63) is 0 Å². The number of nitriles is 1. The number of rotatable bonds is 5.